The zero-order chi connectivity index (χ0) is 25.4. The highest BCUT2D eigenvalue weighted by atomic mass is 32.1. The van der Waals surface area contributed by atoms with Gasteiger partial charge in [0.1, 0.15) is 5.75 Å². The van der Waals surface area contributed by atoms with Gasteiger partial charge in [0.2, 0.25) is 0 Å². The maximum absolute atomic E-state index is 6.28. The lowest BCUT2D eigenvalue weighted by Crippen LogP contribution is -2.26. The van der Waals surface area contributed by atoms with Gasteiger partial charge in [-0.05, 0) is 66.3 Å². The molecule has 8 rings (SSSR count). The Morgan fingerprint density at radius 1 is 0.921 bits per heavy atom. The fourth-order valence-electron chi connectivity index (χ4n) is 6.71. The molecule has 2 heteroatoms. The Hall–Kier alpha value is -4.14. The summed E-state index contributed by atoms with van der Waals surface area (Å²) in [5.41, 5.74) is 11.3. The maximum atomic E-state index is 6.28. The third-order valence-electron chi connectivity index (χ3n) is 8.37. The van der Waals surface area contributed by atoms with Gasteiger partial charge >= 0.3 is 0 Å². The summed E-state index contributed by atoms with van der Waals surface area (Å²) in [5.74, 6) is 1.02. The standard InChI is InChI=1S/C36H26OS/c1-22-14-15-30(23(2)19-22)36(25-9-4-3-5-10-25)17-16-24-20-28-33(29(24)21-36)35-32(27-12-8-18-37-34(27)28)26-11-6-7-13-31(26)38-35/h3-11,13-21H,12H2,1-2H3. The highest BCUT2D eigenvalue weighted by Crippen LogP contribution is 2.55. The molecule has 0 radical (unpaired) electrons. The molecule has 1 aliphatic heterocycles. The van der Waals surface area contributed by atoms with Crippen molar-refractivity contribution in [1.29, 1.82) is 0 Å². The number of ether oxygens (including phenoxy) is 1. The van der Waals surface area contributed by atoms with E-state index in [0.29, 0.717) is 0 Å². The third kappa shape index (κ3) is 2.92. The van der Waals surface area contributed by atoms with Gasteiger partial charge in [0.05, 0.1) is 11.7 Å². The van der Waals surface area contributed by atoms with Crippen LogP contribution in [0.2, 0.25) is 0 Å². The van der Waals surface area contributed by atoms with Crippen molar-refractivity contribution in [2.75, 3.05) is 0 Å². The Kier molecular flexibility index (Phi) is 4.57. The summed E-state index contributed by atoms with van der Waals surface area (Å²) in [7, 11) is 0. The van der Waals surface area contributed by atoms with Gasteiger partial charge in [-0.3, -0.25) is 0 Å². The fraction of sp³-hybridized carbons (Fsp3) is 0.111. The topological polar surface area (TPSA) is 9.23 Å². The van der Waals surface area contributed by atoms with Crippen molar-refractivity contribution in [3.63, 3.8) is 0 Å². The zero-order valence-corrected chi connectivity index (χ0v) is 22.2. The molecule has 0 fully saturated rings. The van der Waals surface area contributed by atoms with Crippen LogP contribution >= 0.6 is 11.3 Å². The Bertz CT molecular complexity index is 1930. The molecular formula is C36H26OS. The molecule has 182 valence electrons. The molecule has 1 nitrogen and oxygen atoms in total. The van der Waals surface area contributed by atoms with Gasteiger partial charge < -0.3 is 4.74 Å². The van der Waals surface area contributed by atoms with Crippen LogP contribution in [-0.2, 0) is 11.8 Å². The number of benzene rings is 4. The maximum Gasteiger partial charge on any atom is 0.138 e. The van der Waals surface area contributed by atoms with Gasteiger partial charge in [-0.25, -0.2) is 0 Å². The lowest BCUT2D eigenvalue weighted by molar-refractivity contribution is 0.465. The molecule has 0 bridgehead atoms. The number of allylic oxidation sites excluding steroid dienone is 6. The van der Waals surface area contributed by atoms with E-state index in [2.05, 4.69) is 117 Å². The van der Waals surface area contributed by atoms with Crippen molar-refractivity contribution >= 4 is 43.2 Å². The van der Waals surface area contributed by atoms with E-state index in [4.69, 9.17) is 4.74 Å². The molecule has 0 saturated carbocycles. The van der Waals surface area contributed by atoms with Crippen LogP contribution in [0.25, 0.3) is 31.8 Å². The summed E-state index contributed by atoms with van der Waals surface area (Å²) in [5, 5.41) is 2.68. The molecular weight excluding hydrogens is 480 g/mol. The van der Waals surface area contributed by atoms with Crippen molar-refractivity contribution in [2.45, 2.75) is 25.7 Å². The minimum absolute atomic E-state index is 0.354. The molecule has 1 atom stereocenters. The van der Waals surface area contributed by atoms with Crippen LogP contribution < -0.4 is 4.74 Å². The number of hydrogen-bond donors (Lipinski definition) is 0. The van der Waals surface area contributed by atoms with Crippen molar-refractivity contribution < 1.29 is 4.74 Å². The van der Waals surface area contributed by atoms with E-state index in [1.54, 1.807) is 0 Å². The highest BCUT2D eigenvalue weighted by molar-refractivity contribution is 7.26. The van der Waals surface area contributed by atoms with E-state index in [1.807, 2.05) is 17.6 Å². The van der Waals surface area contributed by atoms with E-state index in [-0.39, 0.29) is 5.41 Å². The highest BCUT2D eigenvalue weighted by Gasteiger charge is 2.38. The first-order valence-corrected chi connectivity index (χ1v) is 14.1. The smallest absolute Gasteiger partial charge is 0.138 e. The first-order valence-electron chi connectivity index (χ1n) is 13.2. The molecule has 4 aromatic carbocycles. The minimum atomic E-state index is -0.354. The second-order valence-corrected chi connectivity index (χ2v) is 11.7. The number of thiophene rings is 1. The Morgan fingerprint density at radius 2 is 1.76 bits per heavy atom. The first kappa shape index (κ1) is 21.9. The molecule has 0 saturated heterocycles. The van der Waals surface area contributed by atoms with Gasteiger partial charge in [0.25, 0.3) is 0 Å². The Balaban J connectivity index is 1.48. The number of hydrogen-bond acceptors (Lipinski definition) is 2. The minimum Gasteiger partial charge on any atom is -0.464 e. The van der Waals surface area contributed by atoms with E-state index in [9.17, 15) is 0 Å². The Labute approximate surface area is 226 Å². The summed E-state index contributed by atoms with van der Waals surface area (Å²) < 4.78 is 8.98. The molecule has 1 unspecified atom stereocenters. The zero-order valence-electron chi connectivity index (χ0n) is 21.4. The lowest BCUT2D eigenvalue weighted by Gasteiger charge is -2.34. The molecule has 0 amide bonds. The average Bonchev–Trinajstić information content (AvgIpc) is 3.52. The monoisotopic (exact) mass is 506 g/mol. The average molecular weight is 507 g/mol. The predicted molar refractivity (Wildman–Crippen MR) is 161 cm³/mol. The van der Waals surface area contributed by atoms with Crippen molar-refractivity contribution in [3.8, 4) is 5.75 Å². The van der Waals surface area contributed by atoms with Gasteiger partial charge in [0, 0.05) is 36.9 Å². The summed E-state index contributed by atoms with van der Waals surface area (Å²) >= 11 is 1.91. The normalized spacial score (nSPS) is 19.1. The van der Waals surface area contributed by atoms with Crippen LogP contribution in [0.1, 0.15) is 38.9 Å². The lowest BCUT2D eigenvalue weighted by atomic mass is 9.68. The first-order chi connectivity index (χ1) is 18.6. The fourth-order valence-corrected chi connectivity index (χ4v) is 8.02. The van der Waals surface area contributed by atoms with Crippen LogP contribution in [0.3, 0.4) is 0 Å². The number of fused-ring (bicyclic) bond motifs is 10. The summed E-state index contributed by atoms with van der Waals surface area (Å²) in [4.78, 5) is 0. The summed E-state index contributed by atoms with van der Waals surface area (Å²) in [6.07, 6.45) is 14.5. The summed E-state index contributed by atoms with van der Waals surface area (Å²) in [6, 6.07) is 26.6. The Morgan fingerprint density at radius 3 is 2.63 bits per heavy atom. The van der Waals surface area contributed by atoms with Gasteiger partial charge in [0.15, 0.2) is 0 Å². The molecule has 38 heavy (non-hydrogen) atoms. The van der Waals surface area contributed by atoms with Gasteiger partial charge in [-0.2, -0.15) is 0 Å². The third-order valence-corrected chi connectivity index (χ3v) is 9.56. The second kappa shape index (κ2) is 7.93. The number of rotatable bonds is 2. The van der Waals surface area contributed by atoms with E-state index >= 15 is 0 Å². The number of aryl methyl sites for hydroxylation is 2. The molecule has 0 spiro atoms. The molecule has 3 aliphatic rings. The van der Waals surface area contributed by atoms with Gasteiger partial charge in [-0.1, -0.05) is 90.5 Å². The van der Waals surface area contributed by atoms with Crippen LogP contribution in [0.4, 0.5) is 0 Å². The van der Waals surface area contributed by atoms with Crippen molar-refractivity contribution in [2.24, 2.45) is 0 Å². The van der Waals surface area contributed by atoms with E-state index in [1.165, 1.54) is 70.3 Å². The van der Waals surface area contributed by atoms with Crippen LogP contribution in [0.15, 0.2) is 109 Å². The largest absolute Gasteiger partial charge is 0.464 e. The SMILES string of the molecule is Cc1ccc(C2(c3ccccc3)C=CC3=Cc4c5c(c6c(sc7ccccc76)c4C3=C2)CC=CO5)c(C)c1. The van der Waals surface area contributed by atoms with E-state index in [0.717, 1.165) is 12.2 Å². The van der Waals surface area contributed by atoms with Crippen LogP contribution in [0.5, 0.6) is 5.75 Å². The molecule has 0 N–H and O–H groups in total. The van der Waals surface area contributed by atoms with Crippen LogP contribution in [-0.4, -0.2) is 0 Å². The summed E-state index contributed by atoms with van der Waals surface area (Å²) in [6.45, 7) is 4.42. The van der Waals surface area contributed by atoms with Gasteiger partial charge in [-0.15, -0.1) is 11.3 Å². The molecule has 1 aromatic heterocycles. The molecule has 2 heterocycles. The van der Waals surface area contributed by atoms with Crippen LogP contribution in [0, 0.1) is 13.8 Å². The van der Waals surface area contributed by atoms with Crippen molar-refractivity contribution in [1.82, 2.24) is 0 Å². The predicted octanol–water partition coefficient (Wildman–Crippen LogP) is 9.46. The quantitative estimate of drug-likeness (QED) is 0.232. The second-order valence-electron chi connectivity index (χ2n) is 10.6. The molecule has 2 aliphatic carbocycles. The van der Waals surface area contributed by atoms with E-state index < -0.39 is 0 Å². The van der Waals surface area contributed by atoms with Crippen molar-refractivity contribution in [3.05, 3.63) is 148 Å². The molecule has 5 aromatic rings.